The first-order valence-corrected chi connectivity index (χ1v) is 21.8. The molecule has 6 heteroatoms. The summed E-state index contributed by atoms with van der Waals surface area (Å²) >= 11 is 0. The van der Waals surface area contributed by atoms with Gasteiger partial charge in [-0.1, -0.05) is 80.6 Å². The summed E-state index contributed by atoms with van der Waals surface area (Å²) in [5.41, 5.74) is 4.53. The third-order valence-electron chi connectivity index (χ3n) is 14.5. The largest absolute Gasteiger partial charge is 0.595 e. The van der Waals surface area contributed by atoms with E-state index in [9.17, 15) is 18.9 Å². The highest BCUT2D eigenvalue weighted by Gasteiger charge is 2.67. The van der Waals surface area contributed by atoms with Gasteiger partial charge < -0.3 is 9.79 Å². The molecule has 0 spiro atoms. The first kappa shape index (κ1) is 33.8. The fourth-order valence-electron chi connectivity index (χ4n) is 13.4. The van der Waals surface area contributed by atoms with Gasteiger partial charge in [-0.2, -0.15) is 0 Å². The summed E-state index contributed by atoms with van der Waals surface area (Å²) in [5.74, 6) is 3.02. The topological polar surface area (TPSA) is 80.3 Å². The fraction of sp³-hybridized carbons (Fsp3) is 0.850. The molecule has 8 saturated carbocycles. The summed E-state index contributed by atoms with van der Waals surface area (Å²) in [5, 5.41) is 0. The molecule has 9 rings (SSSR count). The van der Waals surface area contributed by atoms with Crippen molar-refractivity contribution in [2.24, 2.45) is 40.9 Å². The highest BCUT2D eigenvalue weighted by molar-refractivity contribution is 7.37. The van der Waals surface area contributed by atoms with Crippen molar-refractivity contribution < 1.29 is 18.9 Å². The first-order valence-electron chi connectivity index (χ1n) is 19.3. The maximum atomic E-state index is 13.3. The van der Waals surface area contributed by atoms with Crippen molar-refractivity contribution in [3.05, 3.63) is 34.4 Å². The van der Waals surface area contributed by atoms with Crippen LogP contribution < -0.4 is 9.79 Å². The van der Waals surface area contributed by atoms with E-state index in [2.05, 4.69) is 39.8 Å². The molecule has 0 aromatic heterocycles. The third-order valence-corrected chi connectivity index (χ3v) is 17.2. The van der Waals surface area contributed by atoms with E-state index < -0.39 is 16.1 Å². The van der Waals surface area contributed by atoms with Crippen molar-refractivity contribution in [3.63, 3.8) is 0 Å². The molecule has 4 nitrogen and oxygen atoms in total. The van der Waals surface area contributed by atoms with Gasteiger partial charge >= 0.3 is 16.1 Å². The summed E-state index contributed by atoms with van der Waals surface area (Å²) in [4.78, 5) is 26.5. The Labute approximate surface area is 281 Å². The summed E-state index contributed by atoms with van der Waals surface area (Å²) in [6, 6.07) is 4.74. The van der Waals surface area contributed by atoms with Gasteiger partial charge in [0.2, 0.25) is 0 Å². The molecule has 8 fully saturated rings. The van der Waals surface area contributed by atoms with Gasteiger partial charge in [0.25, 0.3) is 0 Å². The average molecular weight is 667 g/mol. The minimum Gasteiger partial charge on any atom is -0.595 e. The van der Waals surface area contributed by atoms with Gasteiger partial charge in [-0.15, -0.1) is 0 Å². The van der Waals surface area contributed by atoms with Crippen LogP contribution in [0.1, 0.15) is 159 Å². The lowest BCUT2D eigenvalue weighted by Gasteiger charge is -2.62. The van der Waals surface area contributed by atoms with Crippen molar-refractivity contribution >= 4 is 16.1 Å². The predicted octanol–water partition coefficient (Wildman–Crippen LogP) is 9.80. The fourth-order valence-corrected chi connectivity index (χ4v) is 16.1. The minimum atomic E-state index is -2.56. The van der Waals surface area contributed by atoms with Gasteiger partial charge in [0.05, 0.1) is 0 Å². The highest BCUT2D eigenvalue weighted by Crippen LogP contribution is 2.70. The van der Waals surface area contributed by atoms with E-state index in [1.807, 2.05) is 0 Å². The Morgan fingerprint density at radius 2 is 1.13 bits per heavy atom. The molecule has 8 aliphatic carbocycles. The number of hydrogen-bond donors (Lipinski definition) is 0. The predicted molar refractivity (Wildman–Crippen MR) is 185 cm³/mol. The van der Waals surface area contributed by atoms with Crippen LogP contribution in [0.5, 0.6) is 0 Å². The van der Waals surface area contributed by atoms with Crippen molar-refractivity contribution in [1.29, 1.82) is 0 Å². The lowest BCUT2D eigenvalue weighted by Crippen LogP contribution is -2.61. The molecule has 8 bridgehead atoms. The van der Waals surface area contributed by atoms with Crippen LogP contribution in [0.3, 0.4) is 0 Å². The summed E-state index contributed by atoms with van der Waals surface area (Å²) in [6.45, 7) is 9.32. The van der Waals surface area contributed by atoms with Crippen molar-refractivity contribution in [3.8, 4) is 0 Å². The minimum absolute atomic E-state index is 0.273. The van der Waals surface area contributed by atoms with Gasteiger partial charge in [0.1, 0.15) is 0 Å². The summed E-state index contributed by atoms with van der Waals surface area (Å²) in [6.07, 6.45) is 22.1. The number of rotatable bonds is 13. The lowest BCUT2D eigenvalue weighted by atomic mass is 9.43. The summed E-state index contributed by atoms with van der Waals surface area (Å²) < 4.78 is 26.5. The Morgan fingerprint density at radius 3 is 1.63 bits per heavy atom. The van der Waals surface area contributed by atoms with Gasteiger partial charge in [-0.3, -0.25) is 0 Å². The Balaban J connectivity index is 1.20. The van der Waals surface area contributed by atoms with E-state index in [0.29, 0.717) is 29.1 Å². The molecular formula is C40H60O4P2. The zero-order valence-electron chi connectivity index (χ0n) is 29.2. The van der Waals surface area contributed by atoms with Crippen LogP contribution >= 0.6 is 16.1 Å². The zero-order chi connectivity index (χ0) is 32.4. The molecule has 0 saturated heterocycles. The van der Waals surface area contributed by atoms with Crippen LogP contribution in [0, 0.1) is 47.8 Å². The van der Waals surface area contributed by atoms with E-state index in [-0.39, 0.29) is 34.0 Å². The zero-order valence-corrected chi connectivity index (χ0v) is 31.0. The van der Waals surface area contributed by atoms with E-state index in [1.165, 1.54) is 86.5 Å². The van der Waals surface area contributed by atoms with Crippen LogP contribution in [0.15, 0.2) is 12.1 Å². The van der Waals surface area contributed by atoms with Crippen LogP contribution in [0.2, 0.25) is 0 Å². The SMILES string of the molecule is Cc1c(CCCCCCCCCC(C)(C)C)ccc(C23CC4CC(CC(C4)C2[P+](=O)[O-])C3)c1C12CC3CC(CC(C3)C1[P+](=O)[O-])C2. The second-order valence-corrected chi connectivity index (χ2v) is 21.0. The highest BCUT2D eigenvalue weighted by atomic mass is 31.1. The second-order valence-electron chi connectivity index (χ2n) is 18.8. The molecule has 46 heavy (non-hydrogen) atoms. The van der Waals surface area contributed by atoms with Gasteiger partial charge in [0, 0.05) is 22.7 Å². The molecule has 8 aliphatic rings. The quantitative estimate of drug-likeness (QED) is 0.155. The Kier molecular flexibility index (Phi) is 9.49. The molecule has 0 N–H and O–H groups in total. The van der Waals surface area contributed by atoms with Crippen LogP contribution in [0.25, 0.3) is 0 Å². The van der Waals surface area contributed by atoms with Crippen LogP contribution in [-0.2, 0) is 26.4 Å². The average Bonchev–Trinajstić information content (AvgIpc) is 2.94. The molecular weight excluding hydrogens is 606 g/mol. The number of unbranched alkanes of at least 4 members (excludes halogenated alkanes) is 6. The molecule has 0 radical (unpaired) electrons. The van der Waals surface area contributed by atoms with Gasteiger partial charge in [-0.05, 0) is 142 Å². The van der Waals surface area contributed by atoms with Crippen LogP contribution in [0.4, 0.5) is 0 Å². The number of hydrogen-bond acceptors (Lipinski definition) is 4. The van der Waals surface area contributed by atoms with Crippen molar-refractivity contribution in [2.75, 3.05) is 0 Å². The molecule has 254 valence electrons. The Bertz CT molecular complexity index is 1300. The van der Waals surface area contributed by atoms with E-state index in [0.717, 1.165) is 57.8 Å². The van der Waals surface area contributed by atoms with E-state index in [1.54, 1.807) is 0 Å². The van der Waals surface area contributed by atoms with E-state index in [4.69, 9.17) is 0 Å². The molecule has 1 aromatic carbocycles. The Hall–Kier alpha value is -0.660. The molecule has 0 aliphatic heterocycles. The summed E-state index contributed by atoms with van der Waals surface area (Å²) in [7, 11) is -5.12. The van der Waals surface area contributed by atoms with Gasteiger partial charge in [0.15, 0.2) is 11.3 Å². The lowest BCUT2D eigenvalue weighted by molar-refractivity contribution is -0.175. The molecule has 8 unspecified atom stereocenters. The first-order chi connectivity index (χ1) is 21.9. The van der Waals surface area contributed by atoms with Crippen LogP contribution in [-0.4, -0.2) is 11.3 Å². The Morgan fingerprint density at radius 1 is 0.674 bits per heavy atom. The normalized spacial score (nSPS) is 39.7. The molecule has 1 aromatic rings. The number of benzene rings is 1. The third kappa shape index (κ3) is 6.05. The number of aryl methyl sites for hydroxylation is 1. The second kappa shape index (κ2) is 12.9. The maximum Gasteiger partial charge on any atom is 0.313 e. The van der Waals surface area contributed by atoms with Crippen molar-refractivity contribution in [1.82, 2.24) is 0 Å². The van der Waals surface area contributed by atoms with Crippen molar-refractivity contribution in [2.45, 2.75) is 172 Å². The van der Waals surface area contributed by atoms with Gasteiger partial charge in [-0.25, -0.2) is 0 Å². The molecule has 8 atom stereocenters. The molecule has 0 heterocycles. The maximum absolute atomic E-state index is 13.3. The molecule has 0 amide bonds. The smallest absolute Gasteiger partial charge is 0.313 e. The van der Waals surface area contributed by atoms with E-state index >= 15 is 0 Å². The monoisotopic (exact) mass is 666 g/mol. The standard InChI is InChI=1S/C40H60O4P2/c1-26-31(12-10-8-6-5-7-9-11-15-38(2,3)4)13-14-34(39-22-27-16-28(23-39)19-32(18-27)36(39)45(41)42)35(26)40-24-29-17-30(25-40)21-33(20-29)37(40)46(43)44/h13-14,27-30,32-33,36-37H,5-12,15-25H2,1-4H3.